The van der Waals surface area contributed by atoms with Crippen LogP contribution < -0.4 is 24.8 Å². The summed E-state index contributed by atoms with van der Waals surface area (Å²) in [5, 5.41) is 0. The van der Waals surface area contributed by atoms with Crippen molar-refractivity contribution in [2.75, 3.05) is 0 Å². The van der Waals surface area contributed by atoms with Crippen LogP contribution in [0.4, 0.5) is 0 Å². The fourth-order valence-electron chi connectivity index (χ4n) is 1.33. The molecule has 1 aliphatic rings. The first-order valence-electron chi connectivity index (χ1n) is 4.07. The van der Waals surface area contributed by atoms with E-state index in [9.17, 15) is 0 Å². The summed E-state index contributed by atoms with van der Waals surface area (Å²) in [5.74, 6) is 0.697. The van der Waals surface area contributed by atoms with Crippen molar-refractivity contribution >= 4 is 0 Å². The summed E-state index contributed by atoms with van der Waals surface area (Å²) < 4.78 is 1.63. The van der Waals surface area contributed by atoms with Gasteiger partial charge in [0.2, 0.25) is 0 Å². The van der Waals surface area contributed by atoms with Gasteiger partial charge in [-0.25, -0.2) is 0 Å². The molecule has 0 saturated heterocycles. The molecule has 1 atom stereocenters. The van der Waals surface area contributed by atoms with Crippen molar-refractivity contribution in [3.05, 3.63) is 21.0 Å². The monoisotopic (exact) mass is 295 g/mol. The van der Waals surface area contributed by atoms with Crippen LogP contribution in [0, 0.1) is 11.3 Å². The predicted molar refractivity (Wildman–Crippen MR) is 44.8 cm³/mol. The molecule has 0 nitrogen and oxygen atoms in total. The molecule has 13 heavy (non-hydrogen) atoms. The van der Waals surface area contributed by atoms with Gasteiger partial charge in [0, 0.05) is 0 Å². The second-order valence-corrected chi connectivity index (χ2v) is 5.55. The Morgan fingerprint density at radius 1 is 1.23 bits per heavy atom. The summed E-state index contributed by atoms with van der Waals surface area (Å²) >= 11 is 1.58. The molecule has 0 aliphatic heterocycles. The van der Waals surface area contributed by atoms with E-state index >= 15 is 0 Å². The maximum absolute atomic E-state index is 2.31. The van der Waals surface area contributed by atoms with E-state index in [1.165, 1.54) is 0 Å². The van der Waals surface area contributed by atoms with E-state index in [2.05, 4.69) is 39.8 Å². The minimum Gasteiger partial charge on any atom is -1.00 e. The third-order valence-corrected chi connectivity index (χ3v) is 3.89. The van der Waals surface area contributed by atoms with Crippen LogP contribution >= 0.6 is 0 Å². The van der Waals surface area contributed by atoms with Crippen molar-refractivity contribution < 1.29 is 49.5 Å². The van der Waals surface area contributed by atoms with Crippen LogP contribution in [0.15, 0.2) is 21.0 Å². The molecular weight excluding hydrogens is 282 g/mol. The van der Waals surface area contributed by atoms with Crippen LogP contribution in [-0.2, 0) is 24.7 Å². The van der Waals surface area contributed by atoms with Gasteiger partial charge >= 0.3 is 84.8 Å². The maximum atomic E-state index is 2.31. The quantitative estimate of drug-likeness (QED) is 0.448. The molecule has 1 rings (SSSR count). The molecule has 0 saturated carbocycles. The topological polar surface area (TPSA) is 0 Å². The Hall–Kier alpha value is 0.943. The largest absolute Gasteiger partial charge is 1.00 e. The van der Waals surface area contributed by atoms with E-state index in [1.54, 1.807) is 33.6 Å². The fraction of sp³-hybridized carbons (Fsp3) is 0.600. The summed E-state index contributed by atoms with van der Waals surface area (Å²) in [7, 11) is 0. The summed E-state index contributed by atoms with van der Waals surface area (Å²) in [5.41, 5.74) is 1.91. The Kier molecular flexibility index (Phi) is 7.22. The number of allylic oxidation sites excluding steroid dienone is 4. The van der Waals surface area contributed by atoms with Gasteiger partial charge in [0.1, 0.15) is 0 Å². The maximum Gasteiger partial charge on any atom is -1.00 e. The smallest absolute Gasteiger partial charge is 1.00 e. The average molecular weight is 297 g/mol. The molecular formula is C10H15Cl2Zr. The summed E-state index contributed by atoms with van der Waals surface area (Å²) in [6.07, 6.45) is 4.61. The molecule has 0 aromatic rings. The van der Waals surface area contributed by atoms with Gasteiger partial charge in [0.15, 0.2) is 0 Å². The van der Waals surface area contributed by atoms with E-state index in [0.717, 1.165) is 0 Å². The molecule has 0 fully saturated rings. The van der Waals surface area contributed by atoms with E-state index in [4.69, 9.17) is 0 Å². The Balaban J connectivity index is 0. The van der Waals surface area contributed by atoms with Crippen LogP contribution in [-0.4, -0.2) is 0 Å². The third kappa shape index (κ3) is 3.90. The van der Waals surface area contributed by atoms with E-state index in [1.807, 2.05) is 0 Å². The minimum atomic E-state index is 0. The van der Waals surface area contributed by atoms with Gasteiger partial charge in [-0.1, -0.05) is 0 Å². The van der Waals surface area contributed by atoms with Gasteiger partial charge in [0.25, 0.3) is 0 Å². The molecule has 0 heterocycles. The van der Waals surface area contributed by atoms with E-state index < -0.39 is 0 Å². The zero-order valence-electron chi connectivity index (χ0n) is 8.49. The molecule has 3 heteroatoms. The van der Waals surface area contributed by atoms with Crippen molar-refractivity contribution in [1.82, 2.24) is 0 Å². The zero-order valence-corrected chi connectivity index (χ0v) is 12.5. The first kappa shape index (κ1) is 16.4. The van der Waals surface area contributed by atoms with E-state index in [-0.39, 0.29) is 24.8 Å². The van der Waals surface area contributed by atoms with Gasteiger partial charge in [-0.3, -0.25) is 0 Å². The van der Waals surface area contributed by atoms with E-state index in [0.29, 0.717) is 11.3 Å². The normalized spacial score (nSPS) is 21.2. The average Bonchev–Trinajstić information content (AvgIpc) is 2.11. The standard InChI is InChI=1S/C10H15.2ClH.Zr/c1-8-5-6-9(7-8)10(2,3)4;;;/h5-6,8H,1-4H3;2*1H;/q;;;+2/p-2. The number of hydrogen-bond donors (Lipinski definition) is 0. The summed E-state index contributed by atoms with van der Waals surface area (Å²) in [6, 6.07) is 0. The molecule has 0 bridgehead atoms. The second-order valence-electron chi connectivity index (χ2n) is 4.23. The SMILES string of the molecule is CC1C=CC(C(C)(C)C)=[C]1[Zr+2].[Cl-].[Cl-]. The summed E-state index contributed by atoms with van der Waals surface area (Å²) in [6.45, 7) is 9.14. The van der Waals surface area contributed by atoms with Gasteiger partial charge in [-0.2, -0.15) is 0 Å². The van der Waals surface area contributed by atoms with Gasteiger partial charge in [-0.05, 0) is 0 Å². The van der Waals surface area contributed by atoms with Crippen LogP contribution in [0.1, 0.15) is 27.7 Å². The van der Waals surface area contributed by atoms with Crippen molar-refractivity contribution in [2.45, 2.75) is 27.7 Å². The van der Waals surface area contributed by atoms with Crippen LogP contribution in [0.25, 0.3) is 0 Å². The molecule has 1 unspecified atom stereocenters. The number of halogens is 2. The molecule has 0 aromatic heterocycles. The van der Waals surface area contributed by atoms with Gasteiger partial charge in [0.05, 0.1) is 0 Å². The zero-order chi connectivity index (χ0) is 8.65. The summed E-state index contributed by atoms with van der Waals surface area (Å²) in [4.78, 5) is 0. The second kappa shape index (κ2) is 5.73. The van der Waals surface area contributed by atoms with Crippen molar-refractivity contribution in [3.8, 4) is 0 Å². The minimum absolute atomic E-state index is 0. The Morgan fingerprint density at radius 3 is 1.85 bits per heavy atom. The van der Waals surface area contributed by atoms with Crippen molar-refractivity contribution in [1.29, 1.82) is 0 Å². The molecule has 0 N–H and O–H groups in total. The van der Waals surface area contributed by atoms with Gasteiger partial charge in [-0.15, -0.1) is 0 Å². The van der Waals surface area contributed by atoms with Crippen molar-refractivity contribution in [3.63, 3.8) is 0 Å². The third-order valence-electron chi connectivity index (χ3n) is 2.11. The van der Waals surface area contributed by atoms with Gasteiger partial charge < -0.3 is 24.8 Å². The molecule has 0 aromatic carbocycles. The molecule has 0 spiro atoms. The fourth-order valence-corrected chi connectivity index (χ4v) is 2.69. The van der Waals surface area contributed by atoms with Crippen LogP contribution in [0.3, 0.4) is 0 Å². The first-order valence-corrected chi connectivity index (χ1v) is 5.30. The number of rotatable bonds is 0. The first-order chi connectivity index (χ1) is 4.93. The molecule has 1 aliphatic carbocycles. The number of hydrogen-bond acceptors (Lipinski definition) is 0. The van der Waals surface area contributed by atoms with Crippen LogP contribution in [0.5, 0.6) is 0 Å². The molecule has 0 radical (unpaired) electrons. The van der Waals surface area contributed by atoms with Crippen LogP contribution in [0.2, 0.25) is 0 Å². The Morgan fingerprint density at radius 2 is 1.69 bits per heavy atom. The molecule has 73 valence electrons. The van der Waals surface area contributed by atoms with Crippen molar-refractivity contribution in [2.24, 2.45) is 11.3 Å². The molecule has 0 amide bonds. The Labute approximate surface area is 109 Å². The predicted octanol–water partition coefficient (Wildman–Crippen LogP) is -2.95. The Bertz CT molecular complexity index is 224.